The van der Waals surface area contributed by atoms with Gasteiger partial charge in [0.25, 0.3) is 0 Å². The Morgan fingerprint density at radius 1 is 1.00 bits per heavy atom. The molecule has 3 aromatic rings. The van der Waals surface area contributed by atoms with E-state index in [1.165, 1.54) is 12.1 Å². The molecule has 0 aliphatic carbocycles. The first-order valence-electron chi connectivity index (χ1n) is 4.75. The van der Waals surface area contributed by atoms with Gasteiger partial charge < -0.3 is 0 Å². The van der Waals surface area contributed by atoms with E-state index in [1.54, 1.807) is 35.4 Å². The molecule has 2 heterocycles. The van der Waals surface area contributed by atoms with Crippen molar-refractivity contribution in [1.29, 1.82) is 0 Å². The molecule has 16 heavy (non-hydrogen) atoms. The fourth-order valence-corrected chi connectivity index (χ4v) is 1.53. The molecular formula is C11H7FN4. The molecule has 0 radical (unpaired) electrons. The Hall–Kier alpha value is -2.30. The van der Waals surface area contributed by atoms with E-state index in [-0.39, 0.29) is 5.82 Å². The van der Waals surface area contributed by atoms with Crippen LogP contribution in [0.1, 0.15) is 0 Å². The molecule has 1 aromatic carbocycles. The third-order valence-electron chi connectivity index (χ3n) is 2.27. The van der Waals surface area contributed by atoms with Crippen molar-refractivity contribution in [2.24, 2.45) is 0 Å². The van der Waals surface area contributed by atoms with E-state index in [0.29, 0.717) is 11.2 Å². The largest absolute Gasteiger partial charge is 0.250 e. The van der Waals surface area contributed by atoms with Crippen molar-refractivity contribution in [2.75, 3.05) is 0 Å². The van der Waals surface area contributed by atoms with Gasteiger partial charge in [0.15, 0.2) is 5.65 Å². The van der Waals surface area contributed by atoms with Crippen molar-refractivity contribution in [1.82, 2.24) is 19.7 Å². The van der Waals surface area contributed by atoms with Crippen molar-refractivity contribution in [3.05, 3.63) is 48.7 Å². The molecule has 0 spiro atoms. The van der Waals surface area contributed by atoms with E-state index in [1.807, 2.05) is 0 Å². The number of benzene rings is 1. The summed E-state index contributed by atoms with van der Waals surface area (Å²) in [6.07, 6.45) is 4.84. The summed E-state index contributed by atoms with van der Waals surface area (Å²) in [4.78, 5) is 8.31. The Kier molecular flexibility index (Phi) is 1.89. The van der Waals surface area contributed by atoms with Crippen LogP contribution in [0.25, 0.3) is 16.9 Å². The summed E-state index contributed by atoms with van der Waals surface area (Å²) in [6.45, 7) is 0. The van der Waals surface area contributed by atoms with Gasteiger partial charge in [0.05, 0.1) is 11.9 Å². The molecule has 0 fully saturated rings. The zero-order valence-corrected chi connectivity index (χ0v) is 8.21. The van der Waals surface area contributed by atoms with E-state index >= 15 is 0 Å². The van der Waals surface area contributed by atoms with Gasteiger partial charge in [-0.2, -0.15) is 5.10 Å². The van der Waals surface area contributed by atoms with E-state index in [9.17, 15) is 4.39 Å². The van der Waals surface area contributed by atoms with E-state index in [0.717, 1.165) is 5.69 Å². The Labute approximate surface area is 90.4 Å². The van der Waals surface area contributed by atoms with E-state index < -0.39 is 0 Å². The Morgan fingerprint density at radius 2 is 1.75 bits per heavy atom. The molecule has 0 atom stereocenters. The van der Waals surface area contributed by atoms with Crippen LogP contribution in [0.4, 0.5) is 4.39 Å². The predicted molar refractivity (Wildman–Crippen MR) is 56.6 cm³/mol. The van der Waals surface area contributed by atoms with Gasteiger partial charge in [0.2, 0.25) is 0 Å². The van der Waals surface area contributed by atoms with Crippen LogP contribution in [0.5, 0.6) is 0 Å². The molecule has 0 amide bonds. The van der Waals surface area contributed by atoms with Crippen molar-refractivity contribution in [2.45, 2.75) is 0 Å². The fraction of sp³-hybridized carbons (Fsp3) is 0. The number of rotatable bonds is 1. The second-order valence-corrected chi connectivity index (χ2v) is 3.30. The van der Waals surface area contributed by atoms with Gasteiger partial charge in [-0.15, -0.1) is 0 Å². The molecule has 0 N–H and O–H groups in total. The molecule has 0 aliphatic rings. The Balaban J connectivity index is 2.22. The maximum absolute atomic E-state index is 12.8. The topological polar surface area (TPSA) is 43.6 Å². The van der Waals surface area contributed by atoms with Gasteiger partial charge in [-0.05, 0) is 24.3 Å². The lowest BCUT2D eigenvalue weighted by molar-refractivity contribution is 0.627. The van der Waals surface area contributed by atoms with Crippen LogP contribution in [-0.2, 0) is 0 Å². The SMILES string of the molecule is Fc1ccc(-n2ncc3nccnc32)cc1. The van der Waals surface area contributed by atoms with Crippen molar-refractivity contribution < 1.29 is 4.39 Å². The first kappa shape index (κ1) is 8.96. The molecule has 5 heteroatoms. The Morgan fingerprint density at radius 3 is 2.56 bits per heavy atom. The zero-order valence-electron chi connectivity index (χ0n) is 8.21. The summed E-state index contributed by atoms with van der Waals surface area (Å²) < 4.78 is 14.4. The minimum Gasteiger partial charge on any atom is -0.250 e. The minimum absolute atomic E-state index is 0.272. The molecule has 3 rings (SSSR count). The average Bonchev–Trinajstić information content (AvgIpc) is 2.74. The number of hydrogen-bond donors (Lipinski definition) is 0. The molecule has 0 saturated carbocycles. The summed E-state index contributed by atoms with van der Waals surface area (Å²) in [6, 6.07) is 6.07. The first-order valence-corrected chi connectivity index (χ1v) is 4.75. The number of nitrogens with zero attached hydrogens (tertiary/aromatic N) is 4. The van der Waals surface area contributed by atoms with E-state index in [4.69, 9.17) is 0 Å². The summed E-state index contributed by atoms with van der Waals surface area (Å²) >= 11 is 0. The van der Waals surface area contributed by atoms with Crippen molar-refractivity contribution >= 4 is 11.2 Å². The molecule has 2 aromatic heterocycles. The lowest BCUT2D eigenvalue weighted by Crippen LogP contribution is -1.97. The standard InChI is InChI=1S/C11H7FN4/c12-8-1-3-9(4-2-8)16-11-10(7-15-16)13-5-6-14-11/h1-7H. The van der Waals surface area contributed by atoms with Crippen LogP contribution in [0.15, 0.2) is 42.9 Å². The normalized spacial score (nSPS) is 10.8. The number of halogens is 1. The number of hydrogen-bond acceptors (Lipinski definition) is 3. The molecule has 78 valence electrons. The fourth-order valence-electron chi connectivity index (χ4n) is 1.53. The summed E-state index contributed by atoms with van der Waals surface area (Å²) in [7, 11) is 0. The van der Waals surface area contributed by atoms with E-state index in [2.05, 4.69) is 15.1 Å². The smallest absolute Gasteiger partial charge is 0.181 e. The van der Waals surface area contributed by atoms with Crippen LogP contribution in [0.3, 0.4) is 0 Å². The van der Waals surface area contributed by atoms with Gasteiger partial charge in [0.1, 0.15) is 11.3 Å². The zero-order chi connectivity index (χ0) is 11.0. The summed E-state index contributed by atoms with van der Waals surface area (Å²) in [5, 5.41) is 4.16. The van der Waals surface area contributed by atoms with Crippen LogP contribution in [0.2, 0.25) is 0 Å². The maximum Gasteiger partial charge on any atom is 0.181 e. The molecule has 0 unspecified atom stereocenters. The van der Waals surface area contributed by atoms with Crippen molar-refractivity contribution in [3.63, 3.8) is 0 Å². The van der Waals surface area contributed by atoms with Crippen molar-refractivity contribution in [3.8, 4) is 5.69 Å². The van der Waals surface area contributed by atoms with Gasteiger partial charge in [-0.3, -0.25) is 0 Å². The quantitative estimate of drug-likeness (QED) is 0.621. The van der Waals surface area contributed by atoms with Crippen LogP contribution >= 0.6 is 0 Å². The summed E-state index contributed by atoms with van der Waals surface area (Å²) in [5.74, 6) is -0.272. The molecular weight excluding hydrogens is 207 g/mol. The first-order chi connectivity index (χ1) is 7.84. The van der Waals surface area contributed by atoms with Crippen LogP contribution in [-0.4, -0.2) is 19.7 Å². The highest BCUT2D eigenvalue weighted by Crippen LogP contribution is 2.14. The molecule has 0 bridgehead atoms. The second kappa shape index (κ2) is 3.37. The van der Waals surface area contributed by atoms with Gasteiger partial charge in [0, 0.05) is 12.4 Å². The summed E-state index contributed by atoms with van der Waals surface area (Å²) in [5.41, 5.74) is 2.14. The second-order valence-electron chi connectivity index (χ2n) is 3.30. The van der Waals surface area contributed by atoms with Crippen LogP contribution < -0.4 is 0 Å². The molecule has 4 nitrogen and oxygen atoms in total. The predicted octanol–water partition coefficient (Wildman–Crippen LogP) is 1.95. The van der Waals surface area contributed by atoms with Gasteiger partial charge in [-0.1, -0.05) is 0 Å². The minimum atomic E-state index is -0.272. The highest BCUT2D eigenvalue weighted by atomic mass is 19.1. The lowest BCUT2D eigenvalue weighted by atomic mass is 10.3. The third-order valence-corrected chi connectivity index (χ3v) is 2.27. The molecule has 0 aliphatic heterocycles. The number of aromatic nitrogens is 4. The maximum atomic E-state index is 12.8. The number of fused-ring (bicyclic) bond motifs is 1. The van der Waals surface area contributed by atoms with Gasteiger partial charge >= 0.3 is 0 Å². The highest BCUT2D eigenvalue weighted by molar-refractivity contribution is 5.70. The average molecular weight is 214 g/mol. The lowest BCUT2D eigenvalue weighted by Gasteiger charge is -2.01. The highest BCUT2D eigenvalue weighted by Gasteiger charge is 2.05. The third kappa shape index (κ3) is 1.33. The van der Waals surface area contributed by atoms with Crippen LogP contribution in [0, 0.1) is 5.82 Å². The Bertz CT molecular complexity index is 630. The van der Waals surface area contributed by atoms with Gasteiger partial charge in [-0.25, -0.2) is 19.0 Å². The monoisotopic (exact) mass is 214 g/mol. The molecule has 0 saturated heterocycles.